The van der Waals surface area contributed by atoms with Gasteiger partial charge in [-0.2, -0.15) is 0 Å². The van der Waals surface area contributed by atoms with Crippen molar-refractivity contribution in [3.05, 3.63) is 59.1 Å². The van der Waals surface area contributed by atoms with E-state index >= 15 is 0 Å². The molecule has 0 saturated carbocycles. The van der Waals surface area contributed by atoms with E-state index in [9.17, 15) is 4.79 Å². The summed E-state index contributed by atoms with van der Waals surface area (Å²) in [4.78, 5) is 24.8. The van der Waals surface area contributed by atoms with Gasteiger partial charge in [0, 0.05) is 6.54 Å². The lowest BCUT2D eigenvalue weighted by Crippen LogP contribution is -2.15. The maximum Gasteiger partial charge on any atom is 0.361 e. The number of nitrogen functional groups attached to an aromatic ring is 2. The van der Waals surface area contributed by atoms with Crippen molar-refractivity contribution in [1.82, 2.24) is 19.5 Å². The lowest BCUT2D eigenvalue weighted by Gasteiger charge is -2.09. The summed E-state index contributed by atoms with van der Waals surface area (Å²) in [7, 11) is 1.63. The van der Waals surface area contributed by atoms with Crippen LogP contribution in [0.3, 0.4) is 0 Å². The molecule has 32 heavy (non-hydrogen) atoms. The molecule has 0 atom stereocenters. The van der Waals surface area contributed by atoms with Gasteiger partial charge in [-0.1, -0.05) is 29.8 Å². The maximum atomic E-state index is 12.5. The second-order valence-corrected chi connectivity index (χ2v) is 7.27. The number of benzene rings is 2. The number of ether oxygens (including phenoxy) is 2. The Labute approximate surface area is 189 Å². The summed E-state index contributed by atoms with van der Waals surface area (Å²) < 4.78 is 12.6. The summed E-state index contributed by atoms with van der Waals surface area (Å²) in [5.74, 6) is 0.425. The van der Waals surface area contributed by atoms with Crippen molar-refractivity contribution < 1.29 is 14.3 Å². The monoisotopic (exact) mass is 452 g/mol. The fourth-order valence-corrected chi connectivity index (χ4v) is 3.52. The zero-order chi connectivity index (χ0) is 22.8. The molecule has 0 unspecified atom stereocenters. The Kier molecular flexibility index (Phi) is 5.83. The van der Waals surface area contributed by atoms with Crippen molar-refractivity contribution in [1.29, 1.82) is 0 Å². The average Bonchev–Trinajstić information content (AvgIpc) is 3.16. The van der Waals surface area contributed by atoms with Crippen molar-refractivity contribution >= 4 is 40.2 Å². The van der Waals surface area contributed by atoms with Gasteiger partial charge in [0.15, 0.2) is 22.5 Å². The standard InChI is InChI=1S/C22H21ClN6O3/c1-3-29-16-9-6-13(12-4-7-14(31-2)8-5-12)10-15(16)26-17(29)11-32-22(30)18-20(24)28-21(25)19(23)27-18/h4-10H,3,11H2,1-2H3,(H4,24,25,28). The van der Waals surface area contributed by atoms with Crippen LogP contribution in [0.5, 0.6) is 5.75 Å². The van der Waals surface area contributed by atoms with E-state index in [4.69, 9.17) is 32.5 Å². The highest BCUT2D eigenvalue weighted by Gasteiger charge is 2.19. The Morgan fingerprint density at radius 2 is 1.75 bits per heavy atom. The summed E-state index contributed by atoms with van der Waals surface area (Å²) in [6, 6.07) is 13.8. The topological polar surface area (TPSA) is 131 Å². The molecule has 10 heteroatoms. The number of hydrogen-bond donors (Lipinski definition) is 2. The van der Waals surface area contributed by atoms with E-state index in [1.807, 2.05) is 54.0 Å². The van der Waals surface area contributed by atoms with Crippen LogP contribution in [-0.2, 0) is 17.9 Å². The van der Waals surface area contributed by atoms with Crippen molar-refractivity contribution in [3.63, 3.8) is 0 Å². The summed E-state index contributed by atoms with van der Waals surface area (Å²) >= 11 is 5.85. The first-order valence-electron chi connectivity index (χ1n) is 9.80. The number of halogens is 1. The number of anilines is 2. The van der Waals surface area contributed by atoms with Gasteiger partial charge >= 0.3 is 5.97 Å². The average molecular weight is 453 g/mol. The number of methoxy groups -OCH3 is 1. The van der Waals surface area contributed by atoms with Crippen LogP contribution in [0.2, 0.25) is 5.15 Å². The van der Waals surface area contributed by atoms with Crippen LogP contribution >= 0.6 is 11.6 Å². The minimum absolute atomic E-state index is 0.0545. The van der Waals surface area contributed by atoms with E-state index in [0.29, 0.717) is 12.4 Å². The summed E-state index contributed by atoms with van der Waals surface area (Å²) in [6.45, 7) is 2.58. The Morgan fingerprint density at radius 3 is 2.44 bits per heavy atom. The van der Waals surface area contributed by atoms with Gasteiger partial charge in [0.05, 0.1) is 18.1 Å². The van der Waals surface area contributed by atoms with Crippen LogP contribution in [0.25, 0.3) is 22.2 Å². The summed E-state index contributed by atoms with van der Waals surface area (Å²) in [6.07, 6.45) is 0. The molecule has 2 aromatic heterocycles. The van der Waals surface area contributed by atoms with Gasteiger partial charge in [0.25, 0.3) is 0 Å². The fourth-order valence-electron chi connectivity index (χ4n) is 3.40. The molecule has 0 radical (unpaired) electrons. The van der Waals surface area contributed by atoms with E-state index in [-0.39, 0.29) is 29.1 Å². The number of imidazole rings is 1. The minimum Gasteiger partial charge on any atom is -0.497 e. The molecule has 0 aliphatic heterocycles. The Morgan fingerprint density at radius 1 is 1.03 bits per heavy atom. The highest BCUT2D eigenvalue weighted by Crippen LogP contribution is 2.27. The van der Waals surface area contributed by atoms with Gasteiger partial charge < -0.3 is 25.5 Å². The molecule has 0 aliphatic carbocycles. The smallest absolute Gasteiger partial charge is 0.361 e. The number of carbonyl (C=O) groups is 1. The van der Waals surface area contributed by atoms with Crippen LogP contribution in [0.4, 0.5) is 11.6 Å². The third kappa shape index (κ3) is 4.02. The number of aryl methyl sites for hydroxylation is 1. The predicted octanol–water partition coefficient (Wildman–Crippen LogP) is 3.70. The molecule has 2 aromatic carbocycles. The van der Waals surface area contributed by atoms with E-state index in [1.54, 1.807) is 7.11 Å². The first-order chi connectivity index (χ1) is 15.4. The SMILES string of the molecule is CCn1c(COC(=O)c2nc(Cl)c(N)nc2N)nc2cc(-c3ccc(OC)cc3)ccc21. The number of fused-ring (bicyclic) bond motifs is 1. The first kappa shape index (κ1) is 21.4. The molecule has 2 heterocycles. The zero-order valence-corrected chi connectivity index (χ0v) is 18.3. The molecule has 0 spiro atoms. The fraction of sp³-hybridized carbons (Fsp3) is 0.182. The lowest BCUT2D eigenvalue weighted by atomic mass is 10.1. The van der Waals surface area contributed by atoms with Crippen LogP contribution in [-0.4, -0.2) is 32.6 Å². The molecule has 0 fully saturated rings. The Balaban J connectivity index is 1.60. The van der Waals surface area contributed by atoms with E-state index in [1.165, 1.54) is 0 Å². The number of aromatic nitrogens is 4. The molecule has 4 rings (SSSR count). The van der Waals surface area contributed by atoms with Crippen molar-refractivity contribution in [2.75, 3.05) is 18.6 Å². The molecule has 4 N–H and O–H groups in total. The molecule has 0 amide bonds. The van der Waals surface area contributed by atoms with E-state index in [0.717, 1.165) is 27.9 Å². The third-order valence-electron chi connectivity index (χ3n) is 5.00. The number of rotatable bonds is 6. The third-order valence-corrected chi connectivity index (χ3v) is 5.28. The normalized spacial score (nSPS) is 11.0. The zero-order valence-electron chi connectivity index (χ0n) is 17.5. The molecular weight excluding hydrogens is 432 g/mol. The van der Waals surface area contributed by atoms with Crippen molar-refractivity contribution in [2.24, 2.45) is 0 Å². The number of nitrogens with zero attached hydrogens (tertiary/aromatic N) is 4. The van der Waals surface area contributed by atoms with E-state index < -0.39 is 5.97 Å². The van der Waals surface area contributed by atoms with Crippen LogP contribution in [0.1, 0.15) is 23.2 Å². The minimum atomic E-state index is -0.759. The molecule has 164 valence electrons. The van der Waals surface area contributed by atoms with Gasteiger partial charge in [0.1, 0.15) is 18.2 Å². The van der Waals surface area contributed by atoms with Gasteiger partial charge in [-0.25, -0.2) is 19.7 Å². The summed E-state index contributed by atoms with van der Waals surface area (Å²) in [5, 5.41) is -0.113. The van der Waals surface area contributed by atoms with Gasteiger partial charge in [-0.3, -0.25) is 0 Å². The van der Waals surface area contributed by atoms with Crippen molar-refractivity contribution in [2.45, 2.75) is 20.1 Å². The van der Waals surface area contributed by atoms with Gasteiger partial charge in [-0.05, 0) is 42.3 Å². The summed E-state index contributed by atoms with van der Waals surface area (Å²) in [5.41, 5.74) is 14.9. The molecule has 0 bridgehead atoms. The molecular formula is C22H21ClN6O3. The van der Waals surface area contributed by atoms with Gasteiger partial charge in [-0.15, -0.1) is 0 Å². The molecule has 0 aliphatic rings. The number of nitrogens with two attached hydrogens (primary N) is 2. The highest BCUT2D eigenvalue weighted by molar-refractivity contribution is 6.31. The maximum absolute atomic E-state index is 12.5. The molecule has 9 nitrogen and oxygen atoms in total. The van der Waals surface area contributed by atoms with E-state index in [2.05, 4.69) is 15.0 Å². The lowest BCUT2D eigenvalue weighted by molar-refractivity contribution is 0.0453. The molecule has 4 aromatic rings. The molecule has 0 saturated heterocycles. The van der Waals surface area contributed by atoms with Crippen molar-refractivity contribution in [3.8, 4) is 16.9 Å². The van der Waals surface area contributed by atoms with Crippen LogP contribution in [0, 0.1) is 0 Å². The quantitative estimate of drug-likeness (QED) is 0.423. The number of hydrogen-bond acceptors (Lipinski definition) is 8. The largest absolute Gasteiger partial charge is 0.497 e. The number of esters is 1. The first-order valence-corrected chi connectivity index (χ1v) is 10.2. The second kappa shape index (κ2) is 8.72. The Bertz CT molecular complexity index is 1300. The van der Waals surface area contributed by atoms with Gasteiger partial charge in [0.2, 0.25) is 0 Å². The second-order valence-electron chi connectivity index (χ2n) is 6.91. The highest BCUT2D eigenvalue weighted by atomic mass is 35.5. The predicted molar refractivity (Wildman–Crippen MR) is 122 cm³/mol. The number of carbonyl (C=O) groups excluding carboxylic acids is 1. The van der Waals surface area contributed by atoms with Crippen LogP contribution < -0.4 is 16.2 Å². The van der Waals surface area contributed by atoms with Crippen LogP contribution in [0.15, 0.2) is 42.5 Å². The Hall–Kier alpha value is -3.85.